The predicted octanol–water partition coefficient (Wildman–Crippen LogP) is 1.69. The summed E-state index contributed by atoms with van der Waals surface area (Å²) < 4.78 is 5.46. The first-order chi connectivity index (χ1) is 8.09. The molecule has 0 radical (unpaired) electrons. The van der Waals surface area contributed by atoms with Crippen molar-refractivity contribution in [3.63, 3.8) is 0 Å². The van der Waals surface area contributed by atoms with Crippen molar-refractivity contribution in [2.45, 2.75) is 39.7 Å². The largest absolute Gasteiger partial charge is 0.466 e. The zero-order valence-corrected chi connectivity index (χ0v) is 10.7. The third-order valence-electron chi connectivity index (χ3n) is 3.46. The van der Waals surface area contributed by atoms with Crippen LogP contribution in [0.15, 0.2) is 4.42 Å². The highest BCUT2D eigenvalue weighted by molar-refractivity contribution is 5.96. The van der Waals surface area contributed by atoms with Crippen LogP contribution in [0.2, 0.25) is 0 Å². The number of hydrogen-bond acceptors (Lipinski definition) is 3. The zero-order valence-electron chi connectivity index (χ0n) is 10.7. The van der Waals surface area contributed by atoms with E-state index >= 15 is 0 Å². The summed E-state index contributed by atoms with van der Waals surface area (Å²) in [6, 6.07) is 0.424. The number of hydrogen-bond donors (Lipinski definition) is 2. The van der Waals surface area contributed by atoms with Gasteiger partial charge in [-0.1, -0.05) is 0 Å². The first kappa shape index (κ1) is 12.2. The summed E-state index contributed by atoms with van der Waals surface area (Å²) in [5.74, 6) is 1.51. The standard InChI is InChI=1S/C13H20N2O2/c1-8-9(2)17-10(3)12(8)13(16)15-7-11-5-4-6-14-11/h11,14H,4-7H2,1-3H3,(H,15,16). The molecule has 4 nitrogen and oxygen atoms in total. The molecular weight excluding hydrogens is 216 g/mol. The molecule has 0 aromatic carbocycles. The third kappa shape index (κ3) is 2.52. The highest BCUT2D eigenvalue weighted by Crippen LogP contribution is 2.20. The normalized spacial score (nSPS) is 19.6. The maximum atomic E-state index is 12.1. The van der Waals surface area contributed by atoms with Crippen LogP contribution >= 0.6 is 0 Å². The quantitative estimate of drug-likeness (QED) is 0.839. The van der Waals surface area contributed by atoms with Crippen LogP contribution < -0.4 is 10.6 Å². The van der Waals surface area contributed by atoms with Crippen molar-refractivity contribution in [2.75, 3.05) is 13.1 Å². The fourth-order valence-electron chi connectivity index (χ4n) is 2.36. The molecule has 1 aromatic rings. The first-order valence-electron chi connectivity index (χ1n) is 6.17. The van der Waals surface area contributed by atoms with Gasteiger partial charge in [0.25, 0.3) is 5.91 Å². The van der Waals surface area contributed by atoms with E-state index in [1.165, 1.54) is 6.42 Å². The average molecular weight is 236 g/mol. The second-order valence-corrected chi connectivity index (χ2v) is 4.72. The summed E-state index contributed by atoms with van der Waals surface area (Å²) in [6.07, 6.45) is 2.34. The maximum absolute atomic E-state index is 12.1. The van der Waals surface area contributed by atoms with Crippen molar-refractivity contribution in [1.82, 2.24) is 10.6 Å². The second-order valence-electron chi connectivity index (χ2n) is 4.72. The van der Waals surface area contributed by atoms with Gasteiger partial charge >= 0.3 is 0 Å². The monoisotopic (exact) mass is 236 g/mol. The van der Waals surface area contributed by atoms with Gasteiger partial charge in [0.1, 0.15) is 11.5 Å². The molecule has 17 heavy (non-hydrogen) atoms. The van der Waals surface area contributed by atoms with Gasteiger partial charge in [0.15, 0.2) is 0 Å². The Labute approximate surface area is 102 Å². The van der Waals surface area contributed by atoms with E-state index in [1.807, 2.05) is 20.8 Å². The number of amides is 1. The van der Waals surface area contributed by atoms with E-state index < -0.39 is 0 Å². The van der Waals surface area contributed by atoms with Crippen LogP contribution in [0.1, 0.15) is 40.3 Å². The number of carbonyl (C=O) groups excluding carboxylic acids is 1. The molecule has 2 heterocycles. The minimum atomic E-state index is -0.0226. The number of aryl methyl sites for hydroxylation is 2. The molecule has 1 aliphatic rings. The molecule has 1 fully saturated rings. The Balaban J connectivity index is 1.99. The van der Waals surface area contributed by atoms with E-state index in [0.717, 1.165) is 24.3 Å². The Bertz CT molecular complexity index is 417. The molecule has 2 rings (SSSR count). The highest BCUT2D eigenvalue weighted by Gasteiger charge is 2.20. The fraction of sp³-hybridized carbons (Fsp3) is 0.615. The summed E-state index contributed by atoms with van der Waals surface area (Å²) in [4.78, 5) is 12.1. The van der Waals surface area contributed by atoms with Crippen LogP contribution in [0.4, 0.5) is 0 Å². The summed E-state index contributed by atoms with van der Waals surface area (Å²) >= 11 is 0. The van der Waals surface area contributed by atoms with Gasteiger partial charge < -0.3 is 15.1 Å². The van der Waals surface area contributed by atoms with E-state index in [1.54, 1.807) is 0 Å². The van der Waals surface area contributed by atoms with Crippen LogP contribution in [0.3, 0.4) is 0 Å². The molecule has 1 unspecified atom stereocenters. The van der Waals surface area contributed by atoms with Crippen LogP contribution in [0.25, 0.3) is 0 Å². The van der Waals surface area contributed by atoms with Gasteiger partial charge in [-0.2, -0.15) is 0 Å². The summed E-state index contributed by atoms with van der Waals surface area (Å²) in [6.45, 7) is 7.40. The second kappa shape index (κ2) is 4.92. The number of rotatable bonds is 3. The van der Waals surface area contributed by atoms with Gasteiger partial charge in [-0.15, -0.1) is 0 Å². The highest BCUT2D eigenvalue weighted by atomic mass is 16.3. The lowest BCUT2D eigenvalue weighted by molar-refractivity contribution is 0.0948. The summed E-state index contributed by atoms with van der Waals surface area (Å²) in [5, 5.41) is 6.33. The molecule has 94 valence electrons. The van der Waals surface area contributed by atoms with E-state index in [0.29, 0.717) is 23.9 Å². The average Bonchev–Trinajstić information content (AvgIpc) is 2.86. The summed E-state index contributed by atoms with van der Waals surface area (Å²) in [7, 11) is 0. The molecule has 0 spiro atoms. The van der Waals surface area contributed by atoms with Crippen LogP contribution in [-0.2, 0) is 0 Å². The lowest BCUT2D eigenvalue weighted by Gasteiger charge is -2.11. The molecule has 1 aliphatic heterocycles. The van der Waals surface area contributed by atoms with E-state index in [9.17, 15) is 4.79 Å². The van der Waals surface area contributed by atoms with Crippen molar-refractivity contribution in [3.8, 4) is 0 Å². The van der Waals surface area contributed by atoms with Crippen molar-refractivity contribution in [1.29, 1.82) is 0 Å². The van der Waals surface area contributed by atoms with Crippen molar-refractivity contribution in [2.24, 2.45) is 0 Å². The van der Waals surface area contributed by atoms with Crippen molar-refractivity contribution < 1.29 is 9.21 Å². The molecule has 4 heteroatoms. The molecule has 1 aromatic heterocycles. The van der Waals surface area contributed by atoms with Crippen molar-refractivity contribution >= 4 is 5.91 Å². The number of carbonyl (C=O) groups is 1. The van der Waals surface area contributed by atoms with Gasteiger partial charge in [0, 0.05) is 18.2 Å². The zero-order chi connectivity index (χ0) is 12.4. The Morgan fingerprint density at radius 3 is 2.71 bits per heavy atom. The third-order valence-corrected chi connectivity index (χ3v) is 3.46. The lowest BCUT2D eigenvalue weighted by Crippen LogP contribution is -2.37. The molecule has 1 atom stereocenters. The topological polar surface area (TPSA) is 54.3 Å². The van der Waals surface area contributed by atoms with Gasteiger partial charge in [0.2, 0.25) is 0 Å². The molecule has 2 N–H and O–H groups in total. The van der Waals surface area contributed by atoms with Crippen LogP contribution in [-0.4, -0.2) is 25.0 Å². The maximum Gasteiger partial charge on any atom is 0.255 e. The lowest BCUT2D eigenvalue weighted by atomic mass is 10.1. The minimum Gasteiger partial charge on any atom is -0.466 e. The molecule has 0 bridgehead atoms. The van der Waals surface area contributed by atoms with Crippen molar-refractivity contribution in [3.05, 3.63) is 22.6 Å². The van der Waals surface area contributed by atoms with E-state index in [-0.39, 0.29) is 5.91 Å². The van der Waals surface area contributed by atoms with Gasteiger partial charge in [-0.25, -0.2) is 0 Å². The Morgan fingerprint density at radius 1 is 1.41 bits per heavy atom. The Morgan fingerprint density at radius 2 is 2.18 bits per heavy atom. The molecule has 1 amide bonds. The Hall–Kier alpha value is -1.29. The molecule has 0 saturated carbocycles. The predicted molar refractivity (Wildman–Crippen MR) is 66.3 cm³/mol. The van der Waals surface area contributed by atoms with Gasteiger partial charge in [-0.05, 0) is 40.2 Å². The van der Waals surface area contributed by atoms with Gasteiger partial charge in [-0.3, -0.25) is 4.79 Å². The fourth-order valence-corrected chi connectivity index (χ4v) is 2.36. The minimum absolute atomic E-state index is 0.0226. The number of nitrogens with one attached hydrogen (secondary N) is 2. The number of furan rings is 1. The smallest absolute Gasteiger partial charge is 0.255 e. The molecule has 0 aliphatic carbocycles. The first-order valence-corrected chi connectivity index (χ1v) is 6.17. The van der Waals surface area contributed by atoms with Crippen LogP contribution in [0.5, 0.6) is 0 Å². The van der Waals surface area contributed by atoms with Crippen LogP contribution in [0, 0.1) is 20.8 Å². The van der Waals surface area contributed by atoms with E-state index in [4.69, 9.17) is 4.42 Å². The SMILES string of the molecule is Cc1oc(C)c(C(=O)NCC2CCCN2)c1C. The van der Waals surface area contributed by atoms with E-state index in [2.05, 4.69) is 10.6 Å². The molecule has 1 saturated heterocycles. The molecular formula is C13H20N2O2. The summed E-state index contributed by atoms with van der Waals surface area (Å²) in [5.41, 5.74) is 1.64. The Kier molecular flexibility index (Phi) is 3.52. The van der Waals surface area contributed by atoms with Gasteiger partial charge in [0.05, 0.1) is 5.56 Å².